The van der Waals surface area contributed by atoms with E-state index in [1.807, 2.05) is 0 Å². The Kier molecular flexibility index (Phi) is 4.82. The third-order valence-corrected chi connectivity index (χ3v) is 3.97. The first-order chi connectivity index (χ1) is 8.34. The van der Waals surface area contributed by atoms with Crippen molar-refractivity contribution in [3.63, 3.8) is 0 Å². The van der Waals surface area contributed by atoms with Crippen molar-refractivity contribution in [2.24, 2.45) is 0 Å². The molecule has 1 rings (SSSR count). The van der Waals surface area contributed by atoms with E-state index >= 15 is 0 Å². The first-order valence-electron chi connectivity index (χ1n) is 5.19. The average molecular weight is 276 g/mol. The molecule has 0 fully saturated rings. The third kappa shape index (κ3) is 3.79. The molecule has 0 radical (unpaired) electrons. The first-order valence-corrected chi connectivity index (χ1v) is 6.63. The Balaban J connectivity index is 2.91. The lowest BCUT2D eigenvalue weighted by molar-refractivity contribution is -0.137. The summed E-state index contributed by atoms with van der Waals surface area (Å²) in [5.74, 6) is -1.20. The van der Waals surface area contributed by atoms with Gasteiger partial charge >= 0.3 is 5.97 Å². The Labute approximate surface area is 105 Å². The molecule has 0 amide bonds. The van der Waals surface area contributed by atoms with Crippen LogP contribution in [-0.2, 0) is 14.8 Å². The quantitative estimate of drug-likeness (QED) is 0.665. The van der Waals surface area contributed by atoms with Crippen LogP contribution >= 0.6 is 0 Å². The summed E-state index contributed by atoms with van der Waals surface area (Å²) in [6.07, 6.45) is 2.39. The van der Waals surface area contributed by atoms with Crippen LogP contribution in [0.4, 0.5) is 0 Å². The van der Waals surface area contributed by atoms with Crippen molar-refractivity contribution in [1.82, 2.24) is 19.2 Å². The lowest BCUT2D eigenvalue weighted by atomic mass is 10.5. The number of likely N-dealkylation sites (N-methyl/N-ethyl adjacent to an activating group) is 1. The maximum atomic E-state index is 12.1. The molecule has 0 spiro atoms. The van der Waals surface area contributed by atoms with Crippen molar-refractivity contribution < 1.29 is 18.3 Å². The largest absolute Gasteiger partial charge is 0.480 e. The maximum absolute atomic E-state index is 12.1. The van der Waals surface area contributed by atoms with Gasteiger partial charge in [0.15, 0.2) is 5.03 Å². The predicted octanol–water partition coefficient (Wildman–Crippen LogP) is -0.953. The van der Waals surface area contributed by atoms with Crippen molar-refractivity contribution in [2.45, 2.75) is 5.03 Å². The van der Waals surface area contributed by atoms with Gasteiger partial charge in [-0.25, -0.2) is 13.4 Å². The molecule has 0 aliphatic rings. The highest BCUT2D eigenvalue weighted by Gasteiger charge is 2.27. The van der Waals surface area contributed by atoms with Crippen LogP contribution in [0, 0.1) is 0 Å². The van der Waals surface area contributed by atoms with Crippen LogP contribution in [0.5, 0.6) is 0 Å². The second-order valence-electron chi connectivity index (χ2n) is 3.95. The number of H-pyrrole nitrogens is 1. The Hall–Kier alpha value is -1.45. The van der Waals surface area contributed by atoms with Gasteiger partial charge in [-0.2, -0.15) is 4.31 Å². The van der Waals surface area contributed by atoms with Crippen molar-refractivity contribution in [1.29, 1.82) is 0 Å². The predicted molar refractivity (Wildman–Crippen MR) is 63.5 cm³/mol. The number of aliphatic carboxylic acids is 1. The molecule has 0 unspecified atom stereocenters. The molecule has 0 bridgehead atoms. The zero-order chi connectivity index (χ0) is 13.8. The zero-order valence-corrected chi connectivity index (χ0v) is 11.0. The zero-order valence-electron chi connectivity index (χ0n) is 10.2. The summed E-state index contributed by atoms with van der Waals surface area (Å²) in [7, 11) is -0.282. The van der Waals surface area contributed by atoms with Crippen molar-refractivity contribution in [3.05, 3.63) is 12.5 Å². The number of hydrogen-bond acceptors (Lipinski definition) is 5. The molecule has 0 atom stereocenters. The van der Waals surface area contributed by atoms with E-state index in [0.29, 0.717) is 6.54 Å². The lowest BCUT2D eigenvalue weighted by Gasteiger charge is -2.21. The van der Waals surface area contributed by atoms with E-state index in [1.54, 1.807) is 19.0 Å². The van der Waals surface area contributed by atoms with E-state index in [1.165, 1.54) is 6.33 Å². The summed E-state index contributed by atoms with van der Waals surface area (Å²) >= 11 is 0. The minimum absolute atomic E-state index is 0.0979. The summed E-state index contributed by atoms with van der Waals surface area (Å²) in [5, 5.41) is 8.66. The molecular weight excluding hydrogens is 260 g/mol. The van der Waals surface area contributed by atoms with Crippen molar-refractivity contribution >= 4 is 16.0 Å². The number of hydrogen-bond donors (Lipinski definition) is 2. The monoisotopic (exact) mass is 276 g/mol. The van der Waals surface area contributed by atoms with E-state index < -0.39 is 22.5 Å². The Bertz CT molecular complexity index is 483. The number of carboxylic acids is 1. The van der Waals surface area contributed by atoms with E-state index in [2.05, 4.69) is 9.97 Å². The van der Waals surface area contributed by atoms with Crippen LogP contribution in [-0.4, -0.2) is 72.4 Å². The Morgan fingerprint density at radius 3 is 2.56 bits per heavy atom. The van der Waals surface area contributed by atoms with Gasteiger partial charge in [-0.05, 0) is 14.1 Å². The number of nitrogens with one attached hydrogen (secondary N) is 1. The number of aromatic nitrogens is 2. The summed E-state index contributed by atoms with van der Waals surface area (Å²) in [6.45, 7) is -0.0451. The minimum atomic E-state index is -3.84. The van der Waals surface area contributed by atoms with Gasteiger partial charge in [0.05, 0.1) is 12.5 Å². The highest BCUT2D eigenvalue weighted by molar-refractivity contribution is 7.89. The number of sulfonamides is 1. The topological polar surface area (TPSA) is 107 Å². The van der Waals surface area contributed by atoms with Gasteiger partial charge in [0, 0.05) is 13.1 Å². The molecule has 9 heteroatoms. The van der Waals surface area contributed by atoms with Gasteiger partial charge in [-0.1, -0.05) is 0 Å². The number of carbonyl (C=O) groups is 1. The fourth-order valence-electron chi connectivity index (χ4n) is 1.27. The molecule has 18 heavy (non-hydrogen) atoms. The minimum Gasteiger partial charge on any atom is -0.480 e. The van der Waals surface area contributed by atoms with Gasteiger partial charge in [0.25, 0.3) is 10.0 Å². The number of rotatable bonds is 7. The van der Waals surface area contributed by atoms with Gasteiger partial charge < -0.3 is 15.0 Å². The molecular formula is C9H16N4O4S. The standard InChI is InChI=1S/C9H16N4O4S/c1-12(2)3-4-13(6-9(14)15)18(16,17)8-5-10-7-11-8/h5,7H,3-4,6H2,1-2H3,(H,10,11)(H,14,15). The average Bonchev–Trinajstić information content (AvgIpc) is 2.76. The first kappa shape index (κ1) is 14.6. The van der Waals surface area contributed by atoms with E-state index in [4.69, 9.17) is 5.11 Å². The normalized spacial score (nSPS) is 12.2. The number of aromatic amines is 1. The smallest absolute Gasteiger partial charge is 0.318 e. The fourth-order valence-corrected chi connectivity index (χ4v) is 2.55. The van der Waals surface area contributed by atoms with Gasteiger partial charge in [0.1, 0.15) is 6.54 Å². The van der Waals surface area contributed by atoms with Gasteiger partial charge in [-0.15, -0.1) is 0 Å². The number of nitrogens with zero attached hydrogens (tertiary/aromatic N) is 3. The van der Waals surface area contributed by atoms with E-state index in [9.17, 15) is 13.2 Å². The molecule has 8 nitrogen and oxygen atoms in total. The fraction of sp³-hybridized carbons (Fsp3) is 0.556. The Morgan fingerprint density at radius 2 is 2.11 bits per heavy atom. The number of carboxylic acid groups (broad SMARTS) is 1. The highest BCUT2D eigenvalue weighted by Crippen LogP contribution is 2.11. The summed E-state index contributed by atoms with van der Waals surface area (Å²) in [6, 6.07) is 0. The number of imidazole rings is 1. The van der Waals surface area contributed by atoms with Crippen molar-refractivity contribution in [3.8, 4) is 0 Å². The molecule has 0 saturated heterocycles. The van der Waals surface area contributed by atoms with Crippen LogP contribution in [0.15, 0.2) is 17.6 Å². The van der Waals surface area contributed by atoms with Gasteiger partial charge in [0.2, 0.25) is 0 Å². The SMILES string of the molecule is CN(C)CCN(CC(=O)O)S(=O)(=O)c1cnc[nH]1. The molecule has 0 aliphatic heterocycles. The van der Waals surface area contributed by atoms with Crippen LogP contribution < -0.4 is 0 Å². The second kappa shape index (κ2) is 5.94. The molecule has 2 N–H and O–H groups in total. The van der Waals surface area contributed by atoms with Gasteiger partial charge in [-0.3, -0.25) is 4.79 Å². The maximum Gasteiger partial charge on any atom is 0.318 e. The molecule has 1 aromatic rings. The highest BCUT2D eigenvalue weighted by atomic mass is 32.2. The molecule has 102 valence electrons. The summed E-state index contributed by atoms with van der Waals surface area (Å²) in [4.78, 5) is 18.6. The molecule has 1 heterocycles. The molecule has 1 aromatic heterocycles. The van der Waals surface area contributed by atoms with Crippen LogP contribution in [0.1, 0.15) is 0 Å². The third-order valence-electron chi connectivity index (χ3n) is 2.20. The van der Waals surface area contributed by atoms with E-state index in [-0.39, 0.29) is 11.6 Å². The molecule has 0 aliphatic carbocycles. The summed E-state index contributed by atoms with van der Waals surface area (Å²) in [5.41, 5.74) is 0. The molecule has 0 saturated carbocycles. The van der Waals surface area contributed by atoms with Crippen LogP contribution in [0.25, 0.3) is 0 Å². The van der Waals surface area contributed by atoms with E-state index in [0.717, 1.165) is 10.5 Å². The van der Waals surface area contributed by atoms with Crippen LogP contribution in [0.3, 0.4) is 0 Å². The van der Waals surface area contributed by atoms with Crippen molar-refractivity contribution in [2.75, 3.05) is 33.7 Å². The Morgan fingerprint density at radius 1 is 1.44 bits per heavy atom. The molecule has 0 aromatic carbocycles. The lowest BCUT2D eigenvalue weighted by Crippen LogP contribution is -2.40. The summed E-state index contributed by atoms with van der Waals surface area (Å²) < 4.78 is 25.1. The second-order valence-corrected chi connectivity index (χ2v) is 5.86. The van der Waals surface area contributed by atoms with Crippen LogP contribution in [0.2, 0.25) is 0 Å².